The van der Waals surface area contributed by atoms with Gasteiger partial charge in [-0.3, -0.25) is 10.1 Å². The highest BCUT2D eigenvalue weighted by atomic mass is 32.1. The number of urea groups is 1. The highest BCUT2D eigenvalue weighted by Crippen LogP contribution is 2.18. The third-order valence-corrected chi connectivity index (χ3v) is 4.88. The second-order valence-electron chi connectivity index (χ2n) is 6.62. The van der Waals surface area contributed by atoms with Crippen molar-refractivity contribution in [1.82, 2.24) is 4.98 Å². The SMILES string of the molecule is CCOC(=O)c1ccc(NC(=O)Cc2csc(NC(=O)Nc3cccc(C)c3)n2)cc1. The number of thiazole rings is 1. The first-order valence-electron chi connectivity index (χ1n) is 9.59. The average Bonchev–Trinajstić information content (AvgIpc) is 3.15. The average molecular weight is 439 g/mol. The van der Waals surface area contributed by atoms with Crippen LogP contribution in [0.1, 0.15) is 28.5 Å². The molecule has 0 unspecified atom stereocenters. The van der Waals surface area contributed by atoms with Gasteiger partial charge in [-0.05, 0) is 55.8 Å². The maximum atomic E-state index is 12.3. The van der Waals surface area contributed by atoms with Gasteiger partial charge in [0.1, 0.15) is 0 Å². The Morgan fingerprint density at radius 2 is 1.77 bits per heavy atom. The maximum Gasteiger partial charge on any atom is 0.338 e. The van der Waals surface area contributed by atoms with E-state index in [0.29, 0.717) is 34.4 Å². The van der Waals surface area contributed by atoms with Crippen LogP contribution in [0.5, 0.6) is 0 Å². The van der Waals surface area contributed by atoms with E-state index in [1.165, 1.54) is 11.3 Å². The summed E-state index contributed by atoms with van der Waals surface area (Å²) in [6, 6.07) is 13.5. The zero-order valence-electron chi connectivity index (χ0n) is 17.1. The maximum absolute atomic E-state index is 12.3. The normalized spacial score (nSPS) is 10.3. The molecule has 0 saturated heterocycles. The Balaban J connectivity index is 1.50. The second-order valence-corrected chi connectivity index (χ2v) is 7.47. The van der Waals surface area contributed by atoms with Crippen molar-refractivity contribution in [3.05, 3.63) is 70.7 Å². The van der Waals surface area contributed by atoms with Crippen LogP contribution in [-0.4, -0.2) is 29.5 Å². The third kappa shape index (κ3) is 6.65. The first-order valence-corrected chi connectivity index (χ1v) is 10.5. The van der Waals surface area contributed by atoms with Gasteiger partial charge in [-0.1, -0.05) is 12.1 Å². The van der Waals surface area contributed by atoms with Crippen LogP contribution in [-0.2, 0) is 16.0 Å². The van der Waals surface area contributed by atoms with Crippen molar-refractivity contribution in [3.63, 3.8) is 0 Å². The smallest absolute Gasteiger partial charge is 0.338 e. The fourth-order valence-electron chi connectivity index (χ4n) is 2.70. The Hall–Kier alpha value is -3.72. The Morgan fingerprint density at radius 1 is 1.00 bits per heavy atom. The topological polar surface area (TPSA) is 109 Å². The predicted molar refractivity (Wildman–Crippen MR) is 121 cm³/mol. The number of benzene rings is 2. The lowest BCUT2D eigenvalue weighted by Crippen LogP contribution is -2.19. The summed E-state index contributed by atoms with van der Waals surface area (Å²) in [5, 5.41) is 10.3. The minimum atomic E-state index is -0.408. The molecule has 3 N–H and O–H groups in total. The number of rotatable bonds is 7. The second kappa shape index (κ2) is 10.4. The van der Waals surface area contributed by atoms with Gasteiger partial charge >= 0.3 is 12.0 Å². The van der Waals surface area contributed by atoms with Crippen LogP contribution >= 0.6 is 11.3 Å². The molecule has 3 rings (SSSR count). The van der Waals surface area contributed by atoms with Crippen molar-refractivity contribution in [2.75, 3.05) is 22.6 Å². The molecule has 0 aliphatic carbocycles. The summed E-state index contributed by atoms with van der Waals surface area (Å²) >= 11 is 1.24. The monoisotopic (exact) mass is 438 g/mol. The molecule has 0 bridgehead atoms. The zero-order valence-corrected chi connectivity index (χ0v) is 17.9. The number of carbonyl (C=O) groups is 3. The van der Waals surface area contributed by atoms with E-state index in [-0.39, 0.29) is 12.3 Å². The molecule has 2 aromatic carbocycles. The molecule has 0 spiro atoms. The standard InChI is InChI=1S/C22H22N4O4S/c1-3-30-20(28)15-7-9-16(10-8-15)23-19(27)12-18-13-31-22(25-18)26-21(29)24-17-6-4-5-14(2)11-17/h4-11,13H,3,12H2,1-2H3,(H,23,27)(H2,24,25,26,29). The van der Waals surface area contributed by atoms with Gasteiger partial charge in [0.25, 0.3) is 0 Å². The molecular weight excluding hydrogens is 416 g/mol. The van der Waals surface area contributed by atoms with Gasteiger partial charge in [0.15, 0.2) is 5.13 Å². The molecule has 0 fully saturated rings. The Bertz CT molecular complexity index is 1080. The lowest BCUT2D eigenvalue weighted by Gasteiger charge is -2.06. The number of aryl methyl sites for hydroxylation is 1. The van der Waals surface area contributed by atoms with Crippen molar-refractivity contribution in [2.45, 2.75) is 20.3 Å². The van der Waals surface area contributed by atoms with Crippen LogP contribution in [0.2, 0.25) is 0 Å². The van der Waals surface area contributed by atoms with Crippen LogP contribution in [0.25, 0.3) is 0 Å². The number of amides is 3. The summed E-state index contributed by atoms with van der Waals surface area (Å²) in [4.78, 5) is 40.3. The molecule has 160 valence electrons. The molecule has 0 atom stereocenters. The van der Waals surface area contributed by atoms with E-state index in [1.54, 1.807) is 42.6 Å². The Kier molecular flexibility index (Phi) is 7.34. The van der Waals surface area contributed by atoms with E-state index < -0.39 is 12.0 Å². The molecule has 0 radical (unpaired) electrons. The largest absolute Gasteiger partial charge is 0.462 e. The molecule has 31 heavy (non-hydrogen) atoms. The van der Waals surface area contributed by atoms with Gasteiger partial charge in [-0.2, -0.15) is 0 Å². The minimum Gasteiger partial charge on any atom is -0.462 e. The lowest BCUT2D eigenvalue weighted by atomic mass is 10.2. The zero-order chi connectivity index (χ0) is 22.2. The number of aromatic nitrogens is 1. The number of carbonyl (C=O) groups excluding carboxylic acids is 3. The number of anilines is 3. The van der Waals surface area contributed by atoms with Crippen LogP contribution in [0, 0.1) is 6.92 Å². The van der Waals surface area contributed by atoms with Crippen LogP contribution in [0.4, 0.5) is 21.3 Å². The number of esters is 1. The fraction of sp³-hybridized carbons (Fsp3) is 0.182. The van der Waals surface area contributed by atoms with Crippen molar-refractivity contribution >= 4 is 45.8 Å². The van der Waals surface area contributed by atoms with E-state index in [9.17, 15) is 14.4 Å². The van der Waals surface area contributed by atoms with Crippen molar-refractivity contribution in [2.24, 2.45) is 0 Å². The van der Waals surface area contributed by atoms with E-state index in [1.807, 2.05) is 25.1 Å². The van der Waals surface area contributed by atoms with Crippen molar-refractivity contribution in [1.29, 1.82) is 0 Å². The first-order chi connectivity index (χ1) is 14.9. The van der Waals surface area contributed by atoms with Crippen molar-refractivity contribution in [3.8, 4) is 0 Å². The molecule has 1 aromatic heterocycles. The molecular formula is C22H22N4O4S. The van der Waals surface area contributed by atoms with Crippen molar-refractivity contribution < 1.29 is 19.1 Å². The van der Waals surface area contributed by atoms with Gasteiger partial charge in [0.2, 0.25) is 5.91 Å². The quantitative estimate of drug-likeness (QED) is 0.472. The molecule has 3 aromatic rings. The molecule has 0 aliphatic rings. The highest BCUT2D eigenvalue weighted by Gasteiger charge is 2.11. The first kappa shape index (κ1) is 22.0. The third-order valence-electron chi connectivity index (χ3n) is 4.07. The molecule has 1 heterocycles. The summed E-state index contributed by atoms with van der Waals surface area (Å²) in [6.45, 7) is 3.98. The lowest BCUT2D eigenvalue weighted by molar-refractivity contribution is -0.115. The highest BCUT2D eigenvalue weighted by molar-refractivity contribution is 7.14. The molecule has 0 aliphatic heterocycles. The van der Waals surface area contributed by atoms with E-state index >= 15 is 0 Å². The fourth-order valence-corrected chi connectivity index (χ4v) is 3.41. The Morgan fingerprint density at radius 3 is 2.48 bits per heavy atom. The number of nitrogens with one attached hydrogen (secondary N) is 3. The molecule has 9 heteroatoms. The Labute approximate surface area is 183 Å². The van der Waals surface area contributed by atoms with Gasteiger partial charge in [0, 0.05) is 16.8 Å². The van der Waals surface area contributed by atoms with Gasteiger partial charge in [-0.15, -0.1) is 11.3 Å². The van der Waals surface area contributed by atoms with E-state index in [0.717, 1.165) is 5.56 Å². The number of hydrogen-bond donors (Lipinski definition) is 3. The number of ether oxygens (including phenoxy) is 1. The summed E-state index contributed by atoms with van der Waals surface area (Å²) in [6.07, 6.45) is 0.0529. The van der Waals surface area contributed by atoms with E-state index in [2.05, 4.69) is 20.9 Å². The van der Waals surface area contributed by atoms with Gasteiger partial charge in [0.05, 0.1) is 24.3 Å². The van der Waals surface area contributed by atoms with E-state index in [4.69, 9.17) is 4.74 Å². The van der Waals surface area contributed by atoms with Crippen LogP contribution in [0.15, 0.2) is 53.9 Å². The summed E-state index contributed by atoms with van der Waals surface area (Å²) in [5.74, 6) is -0.667. The van der Waals surface area contributed by atoms with Crippen LogP contribution < -0.4 is 16.0 Å². The summed E-state index contributed by atoms with van der Waals surface area (Å²) < 4.78 is 4.93. The summed E-state index contributed by atoms with van der Waals surface area (Å²) in [5.41, 5.74) is 3.23. The minimum absolute atomic E-state index is 0.0529. The van der Waals surface area contributed by atoms with Gasteiger partial charge in [-0.25, -0.2) is 14.6 Å². The predicted octanol–water partition coefficient (Wildman–Crippen LogP) is 4.45. The summed E-state index contributed by atoms with van der Waals surface area (Å²) in [7, 11) is 0. The number of hydrogen-bond acceptors (Lipinski definition) is 6. The molecule has 3 amide bonds. The van der Waals surface area contributed by atoms with Gasteiger partial charge < -0.3 is 15.4 Å². The number of nitrogens with zero attached hydrogens (tertiary/aromatic N) is 1. The molecule has 8 nitrogen and oxygen atoms in total. The molecule has 0 saturated carbocycles. The van der Waals surface area contributed by atoms with Crippen LogP contribution in [0.3, 0.4) is 0 Å².